The third-order valence-corrected chi connectivity index (χ3v) is 5.70. The smallest absolute Gasteiger partial charge is 0.200 e. The van der Waals surface area contributed by atoms with E-state index < -0.39 is 0 Å². The van der Waals surface area contributed by atoms with E-state index in [1.807, 2.05) is 18.2 Å². The minimum atomic E-state index is -0.122. The van der Waals surface area contributed by atoms with Gasteiger partial charge in [-0.3, -0.25) is 9.69 Å². The van der Waals surface area contributed by atoms with Crippen LogP contribution in [0.3, 0.4) is 0 Å². The minimum absolute atomic E-state index is 0.122. The summed E-state index contributed by atoms with van der Waals surface area (Å²) >= 11 is 0. The number of aromatic hydroxyl groups is 1. The molecule has 150 valence electrons. The molecule has 2 aliphatic rings. The Morgan fingerprint density at radius 3 is 2.59 bits per heavy atom. The second-order valence-corrected chi connectivity index (χ2v) is 7.61. The van der Waals surface area contributed by atoms with Crippen LogP contribution in [0.4, 0.5) is 0 Å². The Morgan fingerprint density at radius 1 is 0.966 bits per heavy atom. The zero-order valence-electron chi connectivity index (χ0n) is 16.1. The van der Waals surface area contributed by atoms with E-state index in [0.29, 0.717) is 53.4 Å². The van der Waals surface area contributed by atoms with Gasteiger partial charge in [0, 0.05) is 6.54 Å². The molecule has 5 rings (SSSR count). The Kier molecular flexibility index (Phi) is 4.64. The molecule has 0 unspecified atom stereocenters. The standard InChI is InChI=1S/C23H23NO5/c25-19-6-5-16-22(26)18(15-4-7-20-21(12-15)28-11-10-27-20)14-29-23(16)17(19)13-24-8-2-1-3-9-24/h4-7,12,14,25H,1-3,8-11,13H2. The highest BCUT2D eigenvalue weighted by molar-refractivity contribution is 5.86. The van der Waals surface area contributed by atoms with Gasteiger partial charge in [-0.25, -0.2) is 0 Å². The Hall–Kier alpha value is -2.99. The van der Waals surface area contributed by atoms with E-state index in [0.717, 1.165) is 31.5 Å². The third-order valence-electron chi connectivity index (χ3n) is 5.70. The van der Waals surface area contributed by atoms with Gasteiger partial charge in [0.1, 0.15) is 30.8 Å². The average Bonchev–Trinajstić information content (AvgIpc) is 2.76. The molecule has 0 amide bonds. The highest BCUT2D eigenvalue weighted by Gasteiger charge is 2.20. The first-order valence-electron chi connectivity index (χ1n) is 10.1. The molecule has 0 aliphatic carbocycles. The molecular formula is C23H23NO5. The summed E-state index contributed by atoms with van der Waals surface area (Å²) in [7, 11) is 0. The van der Waals surface area contributed by atoms with Gasteiger partial charge in [-0.2, -0.15) is 0 Å². The van der Waals surface area contributed by atoms with E-state index in [9.17, 15) is 9.90 Å². The predicted molar refractivity (Wildman–Crippen MR) is 110 cm³/mol. The number of likely N-dealkylation sites (tertiary alicyclic amines) is 1. The van der Waals surface area contributed by atoms with Gasteiger partial charge in [0.2, 0.25) is 5.43 Å². The monoisotopic (exact) mass is 393 g/mol. The number of phenolic OH excluding ortho intramolecular Hbond substituents is 1. The Balaban J connectivity index is 1.57. The number of fused-ring (bicyclic) bond motifs is 2. The van der Waals surface area contributed by atoms with E-state index in [2.05, 4.69) is 4.90 Å². The van der Waals surface area contributed by atoms with Crippen LogP contribution < -0.4 is 14.9 Å². The van der Waals surface area contributed by atoms with Crippen molar-refractivity contribution < 1.29 is 19.0 Å². The Bertz CT molecular complexity index is 1110. The van der Waals surface area contributed by atoms with E-state index in [4.69, 9.17) is 13.9 Å². The fraction of sp³-hybridized carbons (Fsp3) is 0.348. The number of hydrogen-bond donors (Lipinski definition) is 1. The maximum atomic E-state index is 13.2. The van der Waals surface area contributed by atoms with Crippen molar-refractivity contribution >= 4 is 11.0 Å². The van der Waals surface area contributed by atoms with Gasteiger partial charge in [-0.1, -0.05) is 12.5 Å². The second-order valence-electron chi connectivity index (χ2n) is 7.61. The summed E-state index contributed by atoms with van der Waals surface area (Å²) < 4.78 is 17.1. The molecule has 0 atom stereocenters. The summed E-state index contributed by atoms with van der Waals surface area (Å²) in [5.41, 5.74) is 2.19. The maximum absolute atomic E-state index is 13.2. The van der Waals surface area contributed by atoms with Crippen LogP contribution in [0.2, 0.25) is 0 Å². The highest BCUT2D eigenvalue weighted by atomic mass is 16.6. The van der Waals surface area contributed by atoms with Crippen molar-refractivity contribution in [2.75, 3.05) is 26.3 Å². The van der Waals surface area contributed by atoms with Crippen molar-refractivity contribution in [2.24, 2.45) is 0 Å². The van der Waals surface area contributed by atoms with Crippen LogP contribution in [0.5, 0.6) is 17.2 Å². The van der Waals surface area contributed by atoms with Gasteiger partial charge < -0.3 is 19.0 Å². The fourth-order valence-electron chi connectivity index (χ4n) is 4.15. The molecule has 2 aliphatic heterocycles. The molecule has 3 aromatic rings. The Labute approximate surface area is 168 Å². The molecule has 0 radical (unpaired) electrons. The number of nitrogens with zero attached hydrogens (tertiary/aromatic N) is 1. The molecule has 1 N–H and O–H groups in total. The van der Waals surface area contributed by atoms with Crippen LogP contribution in [-0.4, -0.2) is 36.3 Å². The first-order chi connectivity index (χ1) is 14.2. The van der Waals surface area contributed by atoms with E-state index >= 15 is 0 Å². The van der Waals surface area contributed by atoms with E-state index in [1.54, 1.807) is 12.1 Å². The molecule has 1 saturated heterocycles. The van der Waals surface area contributed by atoms with Crippen molar-refractivity contribution in [1.29, 1.82) is 0 Å². The van der Waals surface area contributed by atoms with Crippen LogP contribution in [-0.2, 0) is 6.54 Å². The zero-order valence-corrected chi connectivity index (χ0v) is 16.1. The SMILES string of the molecule is O=c1c(-c2ccc3c(c2)OCCO3)coc2c(CN3CCCCC3)c(O)ccc12. The molecule has 2 aromatic carbocycles. The molecule has 6 nitrogen and oxygen atoms in total. The number of phenols is 1. The quantitative estimate of drug-likeness (QED) is 0.727. The van der Waals surface area contributed by atoms with Crippen molar-refractivity contribution in [3.05, 3.63) is 52.4 Å². The van der Waals surface area contributed by atoms with E-state index in [1.165, 1.54) is 12.7 Å². The molecule has 3 heterocycles. The molecule has 29 heavy (non-hydrogen) atoms. The summed E-state index contributed by atoms with van der Waals surface area (Å²) in [6.45, 7) is 3.58. The summed E-state index contributed by atoms with van der Waals surface area (Å²) in [6, 6.07) is 8.68. The molecule has 0 saturated carbocycles. The first-order valence-corrected chi connectivity index (χ1v) is 10.1. The van der Waals surface area contributed by atoms with Crippen molar-refractivity contribution in [2.45, 2.75) is 25.8 Å². The van der Waals surface area contributed by atoms with Gasteiger partial charge in [-0.15, -0.1) is 0 Å². The van der Waals surface area contributed by atoms with Gasteiger partial charge in [0.05, 0.1) is 16.5 Å². The van der Waals surface area contributed by atoms with Crippen LogP contribution >= 0.6 is 0 Å². The van der Waals surface area contributed by atoms with Gasteiger partial charge in [-0.05, 0) is 55.8 Å². The Morgan fingerprint density at radius 2 is 1.76 bits per heavy atom. The lowest BCUT2D eigenvalue weighted by Gasteiger charge is -2.26. The summed E-state index contributed by atoms with van der Waals surface area (Å²) in [6.07, 6.45) is 5.04. The molecular weight excluding hydrogens is 370 g/mol. The second kappa shape index (κ2) is 7.44. The minimum Gasteiger partial charge on any atom is -0.507 e. The fourth-order valence-corrected chi connectivity index (χ4v) is 4.15. The summed E-state index contributed by atoms with van der Waals surface area (Å²) in [5.74, 6) is 1.47. The van der Waals surface area contributed by atoms with Crippen LogP contribution in [0, 0.1) is 0 Å². The predicted octanol–water partition coefficient (Wildman–Crippen LogP) is 3.92. The van der Waals surface area contributed by atoms with Crippen LogP contribution in [0.15, 0.2) is 45.8 Å². The van der Waals surface area contributed by atoms with Gasteiger partial charge in [0.15, 0.2) is 11.5 Å². The average molecular weight is 393 g/mol. The topological polar surface area (TPSA) is 72.1 Å². The largest absolute Gasteiger partial charge is 0.507 e. The first kappa shape index (κ1) is 18.1. The lowest BCUT2D eigenvalue weighted by Crippen LogP contribution is -2.29. The summed E-state index contributed by atoms with van der Waals surface area (Å²) in [5, 5.41) is 10.9. The molecule has 6 heteroatoms. The molecule has 0 spiro atoms. The van der Waals surface area contributed by atoms with Crippen molar-refractivity contribution in [3.63, 3.8) is 0 Å². The van der Waals surface area contributed by atoms with Gasteiger partial charge in [0.25, 0.3) is 0 Å². The number of ether oxygens (including phenoxy) is 2. The van der Waals surface area contributed by atoms with Gasteiger partial charge >= 0.3 is 0 Å². The number of hydrogen-bond acceptors (Lipinski definition) is 6. The van der Waals surface area contributed by atoms with Crippen molar-refractivity contribution in [1.82, 2.24) is 4.90 Å². The number of benzene rings is 2. The molecule has 1 fully saturated rings. The highest BCUT2D eigenvalue weighted by Crippen LogP contribution is 2.35. The van der Waals surface area contributed by atoms with Crippen molar-refractivity contribution in [3.8, 4) is 28.4 Å². The normalized spacial score (nSPS) is 16.8. The van der Waals surface area contributed by atoms with E-state index in [-0.39, 0.29) is 11.2 Å². The molecule has 1 aromatic heterocycles. The lowest BCUT2D eigenvalue weighted by molar-refractivity contribution is 0.171. The zero-order chi connectivity index (χ0) is 19.8. The summed E-state index contributed by atoms with van der Waals surface area (Å²) in [4.78, 5) is 15.5. The number of piperidine rings is 1. The van der Waals surface area contributed by atoms with Crippen LogP contribution in [0.1, 0.15) is 24.8 Å². The lowest BCUT2D eigenvalue weighted by atomic mass is 10.0. The maximum Gasteiger partial charge on any atom is 0.200 e. The van der Waals surface area contributed by atoms with Crippen LogP contribution in [0.25, 0.3) is 22.1 Å². The third kappa shape index (κ3) is 3.34. The number of rotatable bonds is 3. The molecule has 0 bridgehead atoms.